The van der Waals surface area contributed by atoms with Gasteiger partial charge in [0.1, 0.15) is 6.26 Å². The van der Waals surface area contributed by atoms with Crippen LogP contribution in [0.3, 0.4) is 0 Å². The summed E-state index contributed by atoms with van der Waals surface area (Å²) in [5, 5.41) is 3.21. The van der Waals surface area contributed by atoms with Crippen LogP contribution in [0.4, 0.5) is 11.7 Å². The lowest BCUT2D eigenvalue weighted by Crippen LogP contribution is -1.94. The maximum atomic E-state index is 5.25. The minimum Gasteiger partial charge on any atom is -0.432 e. The SMILES string of the molecule is Cc1ccc(-c2ccccc2)c(Nc2ncco2)c1. The van der Waals surface area contributed by atoms with E-state index < -0.39 is 0 Å². The summed E-state index contributed by atoms with van der Waals surface area (Å²) in [6, 6.07) is 17.1. The first-order chi connectivity index (χ1) is 9.33. The summed E-state index contributed by atoms with van der Waals surface area (Å²) in [5.41, 5.74) is 4.48. The van der Waals surface area contributed by atoms with E-state index in [2.05, 4.69) is 47.6 Å². The van der Waals surface area contributed by atoms with Crippen molar-refractivity contribution in [2.45, 2.75) is 6.92 Å². The molecule has 2 aromatic carbocycles. The number of hydrogen-bond donors (Lipinski definition) is 1. The van der Waals surface area contributed by atoms with Crippen LogP contribution >= 0.6 is 0 Å². The Morgan fingerprint density at radius 2 is 1.89 bits per heavy atom. The number of nitrogens with zero attached hydrogens (tertiary/aromatic N) is 1. The second-order valence-electron chi connectivity index (χ2n) is 4.38. The molecule has 1 heterocycles. The summed E-state index contributed by atoms with van der Waals surface area (Å²) < 4.78 is 5.25. The quantitative estimate of drug-likeness (QED) is 0.749. The van der Waals surface area contributed by atoms with Crippen LogP contribution in [-0.4, -0.2) is 4.98 Å². The van der Waals surface area contributed by atoms with Gasteiger partial charge in [-0.2, -0.15) is 0 Å². The number of oxazole rings is 1. The number of anilines is 2. The molecule has 3 heteroatoms. The van der Waals surface area contributed by atoms with Crippen molar-refractivity contribution in [2.24, 2.45) is 0 Å². The van der Waals surface area contributed by atoms with E-state index in [0.29, 0.717) is 6.01 Å². The van der Waals surface area contributed by atoms with Gasteiger partial charge in [0.2, 0.25) is 0 Å². The zero-order valence-corrected chi connectivity index (χ0v) is 10.6. The fourth-order valence-electron chi connectivity index (χ4n) is 2.03. The molecule has 3 rings (SSSR count). The molecule has 0 atom stereocenters. The Kier molecular flexibility index (Phi) is 3.02. The lowest BCUT2D eigenvalue weighted by molar-refractivity contribution is 0.578. The molecule has 1 N–H and O–H groups in total. The number of nitrogens with one attached hydrogen (secondary N) is 1. The average Bonchev–Trinajstić information content (AvgIpc) is 2.93. The first-order valence-electron chi connectivity index (χ1n) is 6.15. The summed E-state index contributed by atoms with van der Waals surface area (Å²) in [5.74, 6) is 0. The molecule has 0 saturated heterocycles. The fourth-order valence-corrected chi connectivity index (χ4v) is 2.03. The smallest absolute Gasteiger partial charge is 0.299 e. The van der Waals surface area contributed by atoms with Gasteiger partial charge >= 0.3 is 0 Å². The monoisotopic (exact) mass is 250 g/mol. The maximum Gasteiger partial charge on any atom is 0.299 e. The summed E-state index contributed by atoms with van der Waals surface area (Å²) in [6.45, 7) is 2.06. The van der Waals surface area contributed by atoms with Crippen LogP contribution in [0.5, 0.6) is 0 Å². The van der Waals surface area contributed by atoms with Crippen LogP contribution in [-0.2, 0) is 0 Å². The Morgan fingerprint density at radius 1 is 1.05 bits per heavy atom. The van der Waals surface area contributed by atoms with Crippen molar-refractivity contribution >= 4 is 11.7 Å². The van der Waals surface area contributed by atoms with Crippen LogP contribution in [0, 0.1) is 6.92 Å². The van der Waals surface area contributed by atoms with Gasteiger partial charge < -0.3 is 9.73 Å². The van der Waals surface area contributed by atoms with Gasteiger partial charge in [-0.25, -0.2) is 4.98 Å². The molecule has 0 fully saturated rings. The zero-order valence-electron chi connectivity index (χ0n) is 10.6. The minimum absolute atomic E-state index is 0.503. The van der Waals surface area contributed by atoms with Crippen LogP contribution in [0.2, 0.25) is 0 Å². The van der Waals surface area contributed by atoms with Gasteiger partial charge in [0.25, 0.3) is 6.01 Å². The molecular formula is C16H14N2O. The number of benzene rings is 2. The van der Waals surface area contributed by atoms with Gasteiger partial charge in [0.05, 0.1) is 11.9 Å². The van der Waals surface area contributed by atoms with E-state index in [9.17, 15) is 0 Å². The van der Waals surface area contributed by atoms with E-state index in [1.807, 2.05) is 18.2 Å². The van der Waals surface area contributed by atoms with Gasteiger partial charge in [0.15, 0.2) is 0 Å². The summed E-state index contributed by atoms with van der Waals surface area (Å²) in [6.07, 6.45) is 3.18. The van der Waals surface area contributed by atoms with Crippen molar-refractivity contribution in [2.75, 3.05) is 5.32 Å². The number of aryl methyl sites for hydroxylation is 1. The van der Waals surface area contributed by atoms with Crippen LogP contribution in [0.25, 0.3) is 11.1 Å². The molecule has 94 valence electrons. The third-order valence-corrected chi connectivity index (χ3v) is 2.93. The molecule has 19 heavy (non-hydrogen) atoms. The molecule has 0 radical (unpaired) electrons. The maximum absolute atomic E-state index is 5.25. The molecule has 3 aromatic rings. The third-order valence-electron chi connectivity index (χ3n) is 2.93. The highest BCUT2D eigenvalue weighted by atomic mass is 16.4. The zero-order chi connectivity index (χ0) is 13.1. The molecular weight excluding hydrogens is 236 g/mol. The Balaban J connectivity index is 2.04. The molecule has 0 aliphatic carbocycles. The molecule has 0 amide bonds. The predicted molar refractivity (Wildman–Crippen MR) is 76.4 cm³/mol. The van der Waals surface area contributed by atoms with E-state index in [0.717, 1.165) is 16.8 Å². The van der Waals surface area contributed by atoms with Crippen molar-refractivity contribution in [1.29, 1.82) is 0 Å². The number of aromatic nitrogens is 1. The minimum atomic E-state index is 0.503. The van der Waals surface area contributed by atoms with Gasteiger partial charge in [-0.3, -0.25) is 0 Å². The topological polar surface area (TPSA) is 38.1 Å². The molecule has 1 aromatic heterocycles. The Labute approximate surface area is 111 Å². The number of rotatable bonds is 3. The molecule has 0 spiro atoms. The van der Waals surface area contributed by atoms with E-state index in [1.165, 1.54) is 5.56 Å². The van der Waals surface area contributed by atoms with Crippen LogP contribution in [0.1, 0.15) is 5.56 Å². The van der Waals surface area contributed by atoms with E-state index in [1.54, 1.807) is 12.5 Å². The lowest BCUT2D eigenvalue weighted by Gasteiger charge is -2.11. The van der Waals surface area contributed by atoms with Gasteiger partial charge in [-0.15, -0.1) is 0 Å². The Morgan fingerprint density at radius 3 is 2.63 bits per heavy atom. The third kappa shape index (κ3) is 2.50. The van der Waals surface area contributed by atoms with Crippen molar-refractivity contribution in [3.8, 4) is 11.1 Å². The molecule has 0 saturated carbocycles. The van der Waals surface area contributed by atoms with Gasteiger partial charge in [-0.1, -0.05) is 42.5 Å². The highest BCUT2D eigenvalue weighted by Crippen LogP contribution is 2.30. The van der Waals surface area contributed by atoms with Crippen LogP contribution < -0.4 is 5.32 Å². The molecule has 0 unspecified atom stereocenters. The fraction of sp³-hybridized carbons (Fsp3) is 0.0625. The average molecular weight is 250 g/mol. The largest absolute Gasteiger partial charge is 0.432 e. The molecule has 0 aliphatic rings. The second-order valence-corrected chi connectivity index (χ2v) is 4.38. The van der Waals surface area contributed by atoms with Gasteiger partial charge in [-0.05, 0) is 24.1 Å². The summed E-state index contributed by atoms with van der Waals surface area (Å²) in [7, 11) is 0. The molecule has 0 bridgehead atoms. The lowest BCUT2D eigenvalue weighted by atomic mass is 10.0. The van der Waals surface area contributed by atoms with Crippen molar-refractivity contribution in [1.82, 2.24) is 4.98 Å². The molecule has 0 aliphatic heterocycles. The molecule has 3 nitrogen and oxygen atoms in total. The van der Waals surface area contributed by atoms with Gasteiger partial charge in [0, 0.05) is 5.56 Å². The van der Waals surface area contributed by atoms with Crippen molar-refractivity contribution < 1.29 is 4.42 Å². The summed E-state index contributed by atoms with van der Waals surface area (Å²) in [4.78, 5) is 4.10. The summed E-state index contributed by atoms with van der Waals surface area (Å²) >= 11 is 0. The normalized spacial score (nSPS) is 10.4. The first kappa shape index (κ1) is 11.5. The van der Waals surface area contributed by atoms with E-state index in [-0.39, 0.29) is 0 Å². The van der Waals surface area contributed by atoms with E-state index >= 15 is 0 Å². The van der Waals surface area contributed by atoms with Crippen molar-refractivity contribution in [3.63, 3.8) is 0 Å². The Hall–Kier alpha value is -2.55. The highest BCUT2D eigenvalue weighted by Gasteiger charge is 2.07. The predicted octanol–water partition coefficient (Wildman–Crippen LogP) is 4.39. The Bertz CT molecular complexity index is 660. The highest BCUT2D eigenvalue weighted by molar-refractivity contribution is 5.80. The van der Waals surface area contributed by atoms with E-state index in [4.69, 9.17) is 4.42 Å². The number of hydrogen-bond acceptors (Lipinski definition) is 3. The van der Waals surface area contributed by atoms with Crippen molar-refractivity contribution in [3.05, 3.63) is 66.6 Å². The first-order valence-corrected chi connectivity index (χ1v) is 6.15. The second kappa shape index (κ2) is 4.98. The standard InChI is InChI=1S/C16H14N2O/c1-12-7-8-14(13-5-3-2-4-6-13)15(11-12)18-16-17-9-10-19-16/h2-11H,1H3,(H,17,18). The van der Waals surface area contributed by atoms with Crippen LogP contribution in [0.15, 0.2) is 65.4 Å².